The van der Waals surface area contributed by atoms with Crippen LogP contribution in [-0.4, -0.2) is 60.6 Å². The molecule has 3 fully saturated rings. The Morgan fingerprint density at radius 1 is 1.19 bits per heavy atom. The lowest BCUT2D eigenvalue weighted by atomic mass is 9.48. The third-order valence-electron chi connectivity index (χ3n) is 12.4. The summed E-state index contributed by atoms with van der Waals surface area (Å²) in [5.74, 6) is 2.72. The van der Waals surface area contributed by atoms with Gasteiger partial charge in [0.05, 0.1) is 18.8 Å². The third-order valence-corrected chi connectivity index (χ3v) is 12.4. The zero-order chi connectivity index (χ0) is 26.2. The quantitative estimate of drug-likeness (QED) is 0.519. The molecule has 0 saturated heterocycles. The van der Waals surface area contributed by atoms with Gasteiger partial charge in [-0.1, -0.05) is 46.3 Å². The Morgan fingerprint density at radius 2 is 1.92 bits per heavy atom. The van der Waals surface area contributed by atoms with Crippen molar-refractivity contribution in [3.05, 3.63) is 11.6 Å². The molecule has 11 atom stereocenters. The van der Waals surface area contributed by atoms with Crippen molar-refractivity contribution in [2.75, 3.05) is 20.7 Å². The minimum atomic E-state index is -0.351. The minimum Gasteiger partial charge on any atom is -0.480 e. The van der Waals surface area contributed by atoms with E-state index in [4.69, 9.17) is 9.73 Å². The molecule has 1 aliphatic heterocycles. The summed E-state index contributed by atoms with van der Waals surface area (Å²) in [5.41, 5.74) is 1.29. The van der Waals surface area contributed by atoms with Crippen LogP contribution in [0.3, 0.4) is 0 Å². The fourth-order valence-corrected chi connectivity index (χ4v) is 9.54. The number of nitrogens with zero attached hydrogens (tertiary/aromatic N) is 2. The van der Waals surface area contributed by atoms with E-state index in [0.717, 1.165) is 51.0 Å². The molecular formula is C31H50N2O3. The lowest BCUT2D eigenvalue weighted by molar-refractivity contribution is -0.147. The second kappa shape index (κ2) is 8.93. The van der Waals surface area contributed by atoms with Crippen LogP contribution in [0.15, 0.2) is 16.6 Å². The Balaban J connectivity index is 1.47. The summed E-state index contributed by atoms with van der Waals surface area (Å²) in [6, 6.07) is 0.517. The number of ether oxygens (including phenoxy) is 1. The molecule has 5 rings (SSSR count). The maximum absolute atomic E-state index is 13.9. The van der Waals surface area contributed by atoms with E-state index in [1.165, 1.54) is 5.57 Å². The topological polar surface area (TPSA) is 62.1 Å². The molecule has 0 bridgehead atoms. The first kappa shape index (κ1) is 26.4. The number of carbonyl (C=O) groups excluding carboxylic acids is 1. The molecule has 0 aromatic rings. The first-order valence-corrected chi connectivity index (χ1v) is 14.6. The summed E-state index contributed by atoms with van der Waals surface area (Å²) in [7, 11) is 4.20. The number of rotatable bonds is 4. The first-order valence-electron chi connectivity index (χ1n) is 14.6. The molecule has 5 aliphatic rings. The Labute approximate surface area is 219 Å². The highest BCUT2D eigenvalue weighted by Gasteiger charge is 2.68. The lowest BCUT2D eigenvalue weighted by Gasteiger charge is -2.56. The fraction of sp³-hybridized carbons (Fsp3) is 0.871. The van der Waals surface area contributed by atoms with Gasteiger partial charge < -0.3 is 14.7 Å². The van der Waals surface area contributed by atoms with E-state index in [0.29, 0.717) is 30.0 Å². The van der Waals surface area contributed by atoms with Crippen molar-refractivity contribution in [1.29, 1.82) is 0 Å². The van der Waals surface area contributed by atoms with E-state index in [1.54, 1.807) is 0 Å². The van der Waals surface area contributed by atoms with E-state index in [9.17, 15) is 9.90 Å². The van der Waals surface area contributed by atoms with Gasteiger partial charge in [-0.3, -0.25) is 9.79 Å². The lowest BCUT2D eigenvalue weighted by Crippen LogP contribution is -2.55. The van der Waals surface area contributed by atoms with Gasteiger partial charge in [-0.25, -0.2) is 0 Å². The van der Waals surface area contributed by atoms with Crippen molar-refractivity contribution in [1.82, 2.24) is 4.90 Å². The standard InChI is InChI=1S/C31H50N2O3/c1-9-18(2)28-32-26-13-10-20-14-21-23(12-11-22(20)29(26,4)17-36-28)30(5)16-25(35)27(19(3)33(7)8)31(30,6)15-24(21)34/h10,18-19,21-23,25-27,35H,9,11-17H2,1-8H3/t18?,19-,21-,22+,23+,25+,26-,27-,29-,30-,31+/m0/s1. The molecule has 5 nitrogen and oxygen atoms in total. The highest BCUT2D eigenvalue weighted by molar-refractivity contribution is 5.84. The number of Topliss-reactive ketones (excluding diaryl/α,β-unsaturated/α-hetero) is 1. The van der Waals surface area contributed by atoms with Crippen molar-refractivity contribution in [3.8, 4) is 0 Å². The highest BCUT2D eigenvalue weighted by Crippen LogP contribution is 2.69. The molecule has 1 unspecified atom stereocenters. The second-order valence-corrected chi connectivity index (χ2v) is 14.1. The van der Waals surface area contributed by atoms with Gasteiger partial charge in [-0.15, -0.1) is 0 Å². The zero-order valence-electron chi connectivity index (χ0n) is 24.0. The van der Waals surface area contributed by atoms with Crippen molar-refractivity contribution in [2.24, 2.45) is 50.8 Å². The minimum absolute atomic E-state index is 0.00104. The van der Waals surface area contributed by atoms with Gasteiger partial charge in [0.15, 0.2) is 5.90 Å². The second-order valence-electron chi connectivity index (χ2n) is 14.1. The van der Waals surface area contributed by atoms with Crippen LogP contribution in [0.5, 0.6) is 0 Å². The average Bonchev–Trinajstić information content (AvgIpc) is 2.95. The molecular weight excluding hydrogens is 448 g/mol. The SMILES string of the molecule is CCC(C)C1=N[C@H]2CC=C3C[C@@H]4C(=O)C[C@]5(C)[C@@H]([C@H](C)N(C)C)[C@H](O)C[C@@]5(C)[C@@H]4CC[C@H]3[C@]2(C)CO1. The van der Waals surface area contributed by atoms with Gasteiger partial charge in [0.1, 0.15) is 5.78 Å². The average molecular weight is 499 g/mol. The largest absolute Gasteiger partial charge is 0.480 e. The summed E-state index contributed by atoms with van der Waals surface area (Å²) in [5, 5.41) is 11.4. The predicted molar refractivity (Wildman–Crippen MR) is 145 cm³/mol. The van der Waals surface area contributed by atoms with Crippen molar-refractivity contribution >= 4 is 11.7 Å². The number of aliphatic hydroxyl groups excluding tert-OH is 1. The van der Waals surface area contributed by atoms with Gasteiger partial charge in [-0.2, -0.15) is 0 Å². The van der Waals surface area contributed by atoms with Gasteiger partial charge in [0, 0.05) is 35.6 Å². The normalized spacial score (nSPS) is 47.9. The van der Waals surface area contributed by atoms with Crippen molar-refractivity contribution in [2.45, 2.75) is 105 Å². The number of allylic oxidation sites excluding steroid dienone is 1. The predicted octanol–water partition coefficient (Wildman–Crippen LogP) is 5.52. The number of carbonyl (C=O) groups is 1. The number of hydrogen-bond donors (Lipinski definition) is 1. The number of hydrogen-bond acceptors (Lipinski definition) is 5. The molecule has 3 saturated carbocycles. The van der Waals surface area contributed by atoms with Crippen LogP contribution in [0.4, 0.5) is 0 Å². The number of aliphatic hydroxyl groups is 1. The summed E-state index contributed by atoms with van der Waals surface area (Å²) in [4.78, 5) is 21.3. The maximum Gasteiger partial charge on any atom is 0.186 e. The molecule has 4 aliphatic carbocycles. The number of aliphatic imine (C=N–C) groups is 1. The highest BCUT2D eigenvalue weighted by atomic mass is 16.5. The monoisotopic (exact) mass is 498 g/mol. The van der Waals surface area contributed by atoms with Crippen LogP contribution < -0.4 is 0 Å². The molecule has 0 radical (unpaired) electrons. The van der Waals surface area contributed by atoms with E-state index < -0.39 is 0 Å². The van der Waals surface area contributed by atoms with Crippen LogP contribution >= 0.6 is 0 Å². The van der Waals surface area contributed by atoms with Crippen LogP contribution in [0.2, 0.25) is 0 Å². The Bertz CT molecular complexity index is 957. The van der Waals surface area contributed by atoms with E-state index in [2.05, 4.69) is 66.6 Å². The Kier molecular flexibility index (Phi) is 6.55. The van der Waals surface area contributed by atoms with E-state index in [-0.39, 0.29) is 46.3 Å². The molecule has 1 heterocycles. The Morgan fingerprint density at radius 3 is 2.58 bits per heavy atom. The van der Waals surface area contributed by atoms with Crippen molar-refractivity contribution < 1.29 is 14.6 Å². The fourth-order valence-electron chi connectivity index (χ4n) is 9.54. The summed E-state index contributed by atoms with van der Waals surface area (Å²) >= 11 is 0. The van der Waals surface area contributed by atoms with Gasteiger partial charge in [-0.05, 0) is 82.2 Å². The van der Waals surface area contributed by atoms with Crippen LogP contribution in [0, 0.1) is 45.8 Å². The van der Waals surface area contributed by atoms with E-state index in [1.807, 2.05) is 0 Å². The van der Waals surface area contributed by atoms with Crippen LogP contribution in [0.25, 0.3) is 0 Å². The third kappa shape index (κ3) is 3.61. The molecule has 202 valence electrons. The summed E-state index contributed by atoms with van der Waals surface area (Å²) < 4.78 is 6.33. The molecule has 0 aromatic carbocycles. The van der Waals surface area contributed by atoms with Crippen LogP contribution in [0.1, 0.15) is 86.5 Å². The summed E-state index contributed by atoms with van der Waals surface area (Å²) in [6.45, 7) is 14.5. The molecule has 5 heteroatoms. The molecule has 0 aromatic heterocycles. The molecule has 36 heavy (non-hydrogen) atoms. The van der Waals surface area contributed by atoms with Gasteiger partial charge >= 0.3 is 0 Å². The first-order chi connectivity index (χ1) is 16.9. The van der Waals surface area contributed by atoms with Gasteiger partial charge in [0.25, 0.3) is 0 Å². The number of ketones is 1. The van der Waals surface area contributed by atoms with Crippen LogP contribution in [-0.2, 0) is 9.53 Å². The maximum atomic E-state index is 13.9. The number of fused-ring (bicyclic) bond motifs is 6. The Hall–Kier alpha value is -1.20. The molecule has 0 amide bonds. The van der Waals surface area contributed by atoms with E-state index >= 15 is 0 Å². The summed E-state index contributed by atoms with van der Waals surface area (Å²) in [6.07, 6.45) is 8.59. The molecule has 1 N–H and O–H groups in total. The van der Waals surface area contributed by atoms with Gasteiger partial charge in [0.2, 0.25) is 0 Å². The smallest absolute Gasteiger partial charge is 0.186 e. The zero-order valence-corrected chi connectivity index (χ0v) is 24.0. The van der Waals surface area contributed by atoms with Crippen molar-refractivity contribution in [3.63, 3.8) is 0 Å². The molecule has 0 spiro atoms.